The molecule has 2 aromatic heterocycles. The van der Waals surface area contributed by atoms with Crippen molar-refractivity contribution >= 4 is 23.3 Å². The molecule has 11 nitrogen and oxygen atoms in total. The Morgan fingerprint density at radius 2 is 1.84 bits per heavy atom. The van der Waals surface area contributed by atoms with Crippen LogP contribution in [0.4, 0.5) is 11.4 Å². The minimum atomic E-state index is -0.698. The Balaban J connectivity index is 1.92. The fraction of sp³-hybridized carbons (Fsp3) is 0.300. The van der Waals surface area contributed by atoms with Crippen molar-refractivity contribution in [2.75, 3.05) is 12.4 Å². The van der Waals surface area contributed by atoms with Gasteiger partial charge in [0.15, 0.2) is 0 Å². The maximum atomic E-state index is 12.8. The number of rotatable bonds is 6. The molecule has 0 aliphatic rings. The van der Waals surface area contributed by atoms with Gasteiger partial charge >= 0.3 is 11.7 Å². The van der Waals surface area contributed by atoms with Crippen LogP contribution in [0.3, 0.4) is 0 Å². The van der Waals surface area contributed by atoms with Gasteiger partial charge in [-0.2, -0.15) is 10.2 Å². The van der Waals surface area contributed by atoms with Crippen molar-refractivity contribution in [3.8, 4) is 0 Å². The van der Waals surface area contributed by atoms with Crippen LogP contribution in [-0.2, 0) is 18.3 Å². The number of hydrogen-bond donors (Lipinski definition) is 1. The number of aryl methyl sites for hydroxylation is 2. The number of esters is 1. The van der Waals surface area contributed by atoms with Crippen molar-refractivity contribution in [3.63, 3.8) is 0 Å². The van der Waals surface area contributed by atoms with Crippen molar-refractivity contribution in [2.24, 2.45) is 7.05 Å². The van der Waals surface area contributed by atoms with E-state index in [-0.39, 0.29) is 23.6 Å². The predicted molar refractivity (Wildman–Crippen MR) is 111 cm³/mol. The second kappa shape index (κ2) is 8.38. The van der Waals surface area contributed by atoms with Gasteiger partial charge in [0, 0.05) is 7.05 Å². The second-order valence-electron chi connectivity index (χ2n) is 6.97. The molecule has 0 unspecified atom stereocenters. The van der Waals surface area contributed by atoms with E-state index in [2.05, 4.69) is 15.5 Å². The smallest absolute Gasteiger partial charge is 0.338 e. The quantitative estimate of drug-likeness (QED) is 0.364. The lowest BCUT2D eigenvalue weighted by atomic mass is 10.1. The minimum Gasteiger partial charge on any atom is -0.465 e. The summed E-state index contributed by atoms with van der Waals surface area (Å²) in [5.74, 6) is -1.15. The summed E-state index contributed by atoms with van der Waals surface area (Å²) in [7, 11) is 2.85. The van der Waals surface area contributed by atoms with E-state index in [1.54, 1.807) is 42.8 Å². The molecule has 0 saturated heterocycles. The highest BCUT2D eigenvalue weighted by molar-refractivity contribution is 6.06. The molecule has 0 aliphatic carbocycles. The highest BCUT2D eigenvalue weighted by atomic mass is 16.6. The molecule has 1 N–H and O–H groups in total. The standard InChI is InChI=1S/C20H22N6O5/c1-11-16(21-19(27)17-18(26(29)30)13(3)24(4)23-17)12(2)25(22-11)10-14-8-6-7-9-15(14)20(28)31-5/h6-9H,10H2,1-5H3,(H,21,27). The topological polar surface area (TPSA) is 134 Å². The average molecular weight is 426 g/mol. The van der Waals surface area contributed by atoms with E-state index in [9.17, 15) is 19.7 Å². The molecule has 0 fully saturated rings. The zero-order valence-corrected chi connectivity index (χ0v) is 17.8. The number of ether oxygens (including phenoxy) is 1. The number of carbonyl (C=O) groups is 2. The van der Waals surface area contributed by atoms with Crippen LogP contribution in [0.1, 0.15) is 43.5 Å². The molecule has 0 aliphatic heterocycles. The van der Waals surface area contributed by atoms with E-state index in [4.69, 9.17) is 4.74 Å². The molecule has 0 bridgehead atoms. The Bertz CT molecular complexity index is 1190. The molecule has 162 valence electrons. The molecule has 11 heteroatoms. The average Bonchev–Trinajstić information content (AvgIpc) is 3.18. The van der Waals surface area contributed by atoms with Crippen LogP contribution in [0.15, 0.2) is 24.3 Å². The van der Waals surface area contributed by atoms with Gasteiger partial charge in [0.05, 0.1) is 41.2 Å². The van der Waals surface area contributed by atoms with Gasteiger partial charge in [0.1, 0.15) is 5.69 Å². The highest BCUT2D eigenvalue weighted by Gasteiger charge is 2.30. The maximum Gasteiger partial charge on any atom is 0.338 e. The summed E-state index contributed by atoms with van der Waals surface area (Å²) in [6.45, 7) is 5.27. The molecular weight excluding hydrogens is 404 g/mol. The Hall–Kier alpha value is -4.02. The number of anilines is 1. The summed E-state index contributed by atoms with van der Waals surface area (Å²) >= 11 is 0. The fourth-order valence-electron chi connectivity index (χ4n) is 3.30. The van der Waals surface area contributed by atoms with E-state index in [1.807, 2.05) is 0 Å². The minimum absolute atomic E-state index is 0.271. The lowest BCUT2D eigenvalue weighted by Gasteiger charge is -2.10. The van der Waals surface area contributed by atoms with E-state index < -0.39 is 16.8 Å². The highest BCUT2D eigenvalue weighted by Crippen LogP contribution is 2.26. The summed E-state index contributed by atoms with van der Waals surface area (Å²) in [5, 5.41) is 22.5. The summed E-state index contributed by atoms with van der Waals surface area (Å²) in [5.41, 5.74) is 2.37. The van der Waals surface area contributed by atoms with Gasteiger partial charge in [-0.1, -0.05) is 18.2 Å². The zero-order chi connectivity index (χ0) is 22.9. The first-order chi connectivity index (χ1) is 14.6. The van der Waals surface area contributed by atoms with Crippen molar-refractivity contribution in [1.29, 1.82) is 0 Å². The Kier molecular flexibility index (Phi) is 5.86. The number of nitrogens with one attached hydrogen (secondary N) is 1. The molecule has 1 amide bonds. The van der Waals surface area contributed by atoms with Gasteiger partial charge < -0.3 is 10.1 Å². The number of hydrogen-bond acceptors (Lipinski definition) is 7. The molecule has 2 heterocycles. The van der Waals surface area contributed by atoms with E-state index in [0.29, 0.717) is 28.2 Å². The van der Waals surface area contributed by atoms with Crippen LogP contribution in [0, 0.1) is 30.9 Å². The van der Waals surface area contributed by atoms with Crippen LogP contribution in [-0.4, -0.2) is 43.5 Å². The lowest BCUT2D eigenvalue weighted by Crippen LogP contribution is -2.16. The third kappa shape index (κ3) is 4.02. The van der Waals surface area contributed by atoms with Gasteiger partial charge in [0.2, 0.25) is 5.69 Å². The van der Waals surface area contributed by atoms with Crippen molar-refractivity contribution in [1.82, 2.24) is 19.6 Å². The molecule has 0 atom stereocenters. The molecule has 0 radical (unpaired) electrons. The van der Waals surface area contributed by atoms with Crippen LogP contribution in [0.2, 0.25) is 0 Å². The van der Waals surface area contributed by atoms with E-state index in [0.717, 1.165) is 0 Å². The molecule has 1 aromatic carbocycles. The second-order valence-corrected chi connectivity index (χ2v) is 6.97. The Labute approximate surface area is 177 Å². The van der Waals surface area contributed by atoms with Crippen LogP contribution >= 0.6 is 0 Å². The number of nitrogens with zero attached hydrogens (tertiary/aromatic N) is 5. The van der Waals surface area contributed by atoms with Crippen molar-refractivity contribution < 1.29 is 19.2 Å². The SMILES string of the molecule is COC(=O)c1ccccc1Cn1nc(C)c(NC(=O)c2nn(C)c(C)c2[N+](=O)[O-])c1C. The number of benzene rings is 1. The van der Waals surface area contributed by atoms with Crippen molar-refractivity contribution in [3.05, 3.63) is 68.3 Å². The third-order valence-corrected chi connectivity index (χ3v) is 5.06. The fourth-order valence-corrected chi connectivity index (χ4v) is 3.30. The number of carbonyl (C=O) groups excluding carboxylic acids is 2. The van der Waals surface area contributed by atoms with Crippen LogP contribution < -0.4 is 5.32 Å². The number of methoxy groups -OCH3 is 1. The maximum absolute atomic E-state index is 12.8. The van der Waals surface area contributed by atoms with Gasteiger partial charge in [-0.15, -0.1) is 0 Å². The first-order valence-corrected chi connectivity index (χ1v) is 9.35. The largest absolute Gasteiger partial charge is 0.465 e. The van der Waals surface area contributed by atoms with E-state index >= 15 is 0 Å². The summed E-state index contributed by atoms with van der Waals surface area (Å²) < 4.78 is 7.76. The molecule has 0 spiro atoms. The van der Waals surface area contributed by atoms with Gasteiger partial charge in [-0.25, -0.2) is 4.79 Å². The molecular formula is C20H22N6O5. The molecule has 31 heavy (non-hydrogen) atoms. The summed E-state index contributed by atoms with van der Waals surface area (Å²) in [6.07, 6.45) is 0. The summed E-state index contributed by atoms with van der Waals surface area (Å²) in [6, 6.07) is 7.00. The predicted octanol–water partition coefficient (Wildman–Crippen LogP) is 2.54. The monoisotopic (exact) mass is 426 g/mol. The zero-order valence-electron chi connectivity index (χ0n) is 17.8. The van der Waals surface area contributed by atoms with Gasteiger partial charge in [-0.3, -0.25) is 24.3 Å². The van der Waals surface area contributed by atoms with Crippen LogP contribution in [0.5, 0.6) is 0 Å². The Morgan fingerprint density at radius 3 is 2.48 bits per heavy atom. The van der Waals surface area contributed by atoms with Gasteiger partial charge in [-0.05, 0) is 32.4 Å². The third-order valence-electron chi connectivity index (χ3n) is 5.06. The number of aromatic nitrogens is 4. The summed E-state index contributed by atoms with van der Waals surface area (Å²) in [4.78, 5) is 35.6. The molecule has 3 aromatic rings. The lowest BCUT2D eigenvalue weighted by molar-refractivity contribution is -0.385. The van der Waals surface area contributed by atoms with Crippen LogP contribution in [0.25, 0.3) is 0 Å². The van der Waals surface area contributed by atoms with E-state index in [1.165, 1.54) is 25.8 Å². The van der Waals surface area contributed by atoms with Crippen molar-refractivity contribution in [2.45, 2.75) is 27.3 Å². The van der Waals surface area contributed by atoms with Gasteiger partial charge in [0.25, 0.3) is 5.91 Å². The first-order valence-electron chi connectivity index (χ1n) is 9.35. The normalized spacial score (nSPS) is 10.7. The molecule has 3 rings (SSSR count). The number of nitro groups is 1. The Morgan fingerprint density at radius 1 is 1.16 bits per heavy atom. The molecule has 0 saturated carbocycles. The first kappa shape index (κ1) is 21.7. The number of amides is 1.